The van der Waals surface area contributed by atoms with Crippen LogP contribution in [0.1, 0.15) is 43.0 Å². The van der Waals surface area contributed by atoms with Crippen LogP contribution in [0.15, 0.2) is 42.5 Å². The molecular weight excluding hydrogens is 478 g/mol. The van der Waals surface area contributed by atoms with Gasteiger partial charge in [0.05, 0.1) is 35.3 Å². The number of nitrogens with zero attached hydrogens (tertiary/aromatic N) is 2. The average Bonchev–Trinajstić information content (AvgIpc) is 3.08. The van der Waals surface area contributed by atoms with E-state index in [4.69, 9.17) is 16.3 Å². The van der Waals surface area contributed by atoms with Gasteiger partial charge < -0.3 is 15.0 Å². The molecule has 0 bridgehead atoms. The first-order valence-electron chi connectivity index (χ1n) is 11.2. The Morgan fingerprint density at radius 2 is 1.74 bits per heavy atom. The van der Waals surface area contributed by atoms with Gasteiger partial charge in [-0.1, -0.05) is 36.6 Å². The number of nitrogens with one attached hydrogen (secondary N) is 1. The third-order valence-corrected chi connectivity index (χ3v) is 7.32. The van der Waals surface area contributed by atoms with Crippen molar-refractivity contribution >= 4 is 44.8 Å². The van der Waals surface area contributed by atoms with E-state index in [1.807, 2.05) is 4.90 Å². The first-order valence-corrected chi connectivity index (χ1v) is 13.4. The normalized spacial score (nSPS) is 15.2. The smallest absolute Gasteiger partial charge is 0.255 e. The van der Waals surface area contributed by atoms with Crippen LogP contribution in [-0.2, 0) is 14.8 Å². The maximum absolute atomic E-state index is 13.2. The molecule has 1 aliphatic rings. The molecule has 8 nitrogen and oxygen atoms in total. The number of carbonyl (C=O) groups excluding carboxylic acids is 2. The van der Waals surface area contributed by atoms with Crippen LogP contribution in [0, 0.1) is 0 Å². The lowest BCUT2D eigenvalue weighted by Crippen LogP contribution is -2.45. The number of carbonyl (C=O) groups is 2. The third kappa shape index (κ3) is 6.01. The molecule has 3 rings (SSSR count). The van der Waals surface area contributed by atoms with Crippen LogP contribution < -0.4 is 14.4 Å². The Balaban J connectivity index is 1.86. The zero-order valence-corrected chi connectivity index (χ0v) is 21.2. The average molecular weight is 508 g/mol. The topological polar surface area (TPSA) is 96.0 Å². The minimum atomic E-state index is -3.84. The van der Waals surface area contributed by atoms with E-state index in [9.17, 15) is 18.0 Å². The summed E-state index contributed by atoms with van der Waals surface area (Å²) in [7, 11) is -2.39. The highest BCUT2D eigenvalue weighted by atomic mass is 35.5. The second-order valence-electron chi connectivity index (χ2n) is 8.29. The quantitative estimate of drug-likeness (QED) is 0.607. The summed E-state index contributed by atoms with van der Waals surface area (Å²) >= 11 is 6.19. The monoisotopic (exact) mass is 507 g/mol. The van der Waals surface area contributed by atoms with Gasteiger partial charge in [0, 0.05) is 13.1 Å². The van der Waals surface area contributed by atoms with Gasteiger partial charge in [-0.3, -0.25) is 13.9 Å². The number of anilines is 2. The number of benzene rings is 2. The van der Waals surface area contributed by atoms with E-state index in [1.54, 1.807) is 24.3 Å². The standard InChI is InChI=1S/C24H30ClN3O5S/c1-17(28(34(3,31)32)18-12-13-22(33-2)20(25)16-18)23(29)26-21-11-7-6-10-19(21)24(30)27-14-8-4-5-9-15-27/h6-7,10-13,16-17H,4-5,8-9,14-15H2,1-3H3,(H,26,29)/t17-/m0/s1. The summed E-state index contributed by atoms with van der Waals surface area (Å²) in [6.07, 6.45) is 5.11. The molecular formula is C24H30ClN3O5S. The molecule has 0 radical (unpaired) electrons. The maximum Gasteiger partial charge on any atom is 0.255 e. The number of rotatable bonds is 7. The second-order valence-corrected chi connectivity index (χ2v) is 10.6. The fourth-order valence-corrected chi connectivity index (χ4v) is 5.48. The molecule has 1 fully saturated rings. The number of hydrogen-bond donors (Lipinski definition) is 1. The molecule has 184 valence electrons. The third-order valence-electron chi connectivity index (χ3n) is 5.79. The minimum Gasteiger partial charge on any atom is -0.495 e. The van der Waals surface area contributed by atoms with E-state index >= 15 is 0 Å². The molecule has 1 heterocycles. The summed E-state index contributed by atoms with van der Waals surface area (Å²) in [6, 6.07) is 10.2. The van der Waals surface area contributed by atoms with Crippen molar-refractivity contribution in [3.8, 4) is 5.75 Å². The molecule has 2 aromatic carbocycles. The van der Waals surface area contributed by atoms with Crippen LogP contribution in [0.25, 0.3) is 0 Å². The fraction of sp³-hybridized carbons (Fsp3) is 0.417. The number of amides is 2. The van der Waals surface area contributed by atoms with E-state index in [0.717, 1.165) is 36.2 Å². The molecule has 0 saturated carbocycles. The predicted octanol–water partition coefficient (Wildman–Crippen LogP) is 4.16. The summed E-state index contributed by atoms with van der Waals surface area (Å²) in [5.74, 6) is -0.335. The Bertz CT molecular complexity index is 1150. The number of ether oxygens (including phenoxy) is 1. The van der Waals surface area contributed by atoms with Crippen molar-refractivity contribution in [3.63, 3.8) is 0 Å². The molecule has 34 heavy (non-hydrogen) atoms. The van der Waals surface area contributed by atoms with Gasteiger partial charge in [-0.05, 0) is 50.1 Å². The van der Waals surface area contributed by atoms with Crippen LogP contribution in [0.4, 0.5) is 11.4 Å². The van der Waals surface area contributed by atoms with Gasteiger partial charge in [-0.25, -0.2) is 8.42 Å². The van der Waals surface area contributed by atoms with Crippen LogP contribution in [0.5, 0.6) is 5.75 Å². The first kappa shape index (κ1) is 25.8. The molecule has 0 spiro atoms. The Hall–Kier alpha value is -2.78. The zero-order valence-electron chi connectivity index (χ0n) is 19.6. The van der Waals surface area contributed by atoms with E-state index in [0.29, 0.717) is 30.1 Å². The van der Waals surface area contributed by atoms with Gasteiger partial charge in [0.2, 0.25) is 15.9 Å². The van der Waals surface area contributed by atoms with E-state index in [2.05, 4.69) is 5.32 Å². The largest absolute Gasteiger partial charge is 0.495 e. The molecule has 0 aromatic heterocycles. The molecule has 1 N–H and O–H groups in total. The molecule has 0 aliphatic carbocycles. The predicted molar refractivity (Wildman–Crippen MR) is 134 cm³/mol. The van der Waals surface area contributed by atoms with Crippen LogP contribution in [-0.4, -0.2) is 57.6 Å². The summed E-state index contributed by atoms with van der Waals surface area (Å²) in [4.78, 5) is 28.2. The Morgan fingerprint density at radius 3 is 2.32 bits per heavy atom. The summed E-state index contributed by atoms with van der Waals surface area (Å²) in [5.41, 5.74) is 0.947. The fourth-order valence-electron chi connectivity index (χ4n) is 4.06. The van der Waals surface area contributed by atoms with Crippen molar-refractivity contribution in [3.05, 3.63) is 53.1 Å². The Morgan fingerprint density at radius 1 is 1.09 bits per heavy atom. The van der Waals surface area contributed by atoms with E-state index < -0.39 is 22.0 Å². The summed E-state index contributed by atoms with van der Waals surface area (Å²) < 4.78 is 31.4. The zero-order chi connectivity index (χ0) is 24.9. The Labute approximate surface area is 205 Å². The van der Waals surface area contributed by atoms with Crippen molar-refractivity contribution in [2.24, 2.45) is 0 Å². The molecule has 1 aliphatic heterocycles. The molecule has 1 saturated heterocycles. The SMILES string of the molecule is COc1ccc(N([C@@H](C)C(=O)Nc2ccccc2C(=O)N2CCCCCC2)S(C)(=O)=O)cc1Cl. The van der Waals surface area contributed by atoms with Gasteiger partial charge in [-0.2, -0.15) is 0 Å². The van der Waals surface area contributed by atoms with Gasteiger partial charge >= 0.3 is 0 Å². The van der Waals surface area contributed by atoms with Gasteiger partial charge in [0.1, 0.15) is 11.8 Å². The number of likely N-dealkylation sites (tertiary alicyclic amines) is 1. The van der Waals surface area contributed by atoms with Crippen molar-refractivity contribution in [1.82, 2.24) is 4.90 Å². The van der Waals surface area contributed by atoms with Crippen molar-refractivity contribution in [1.29, 1.82) is 0 Å². The number of sulfonamides is 1. The molecule has 2 amide bonds. The number of methoxy groups -OCH3 is 1. The summed E-state index contributed by atoms with van der Waals surface area (Å²) in [5, 5.41) is 2.97. The highest BCUT2D eigenvalue weighted by Gasteiger charge is 2.30. The summed E-state index contributed by atoms with van der Waals surface area (Å²) in [6.45, 7) is 2.84. The Kier molecular flexibility index (Phi) is 8.43. The van der Waals surface area contributed by atoms with Gasteiger partial charge in [0.15, 0.2) is 0 Å². The molecule has 1 atom stereocenters. The minimum absolute atomic E-state index is 0.146. The van der Waals surface area contributed by atoms with Crippen LogP contribution >= 0.6 is 11.6 Å². The first-order chi connectivity index (χ1) is 16.1. The van der Waals surface area contributed by atoms with Crippen LogP contribution in [0.2, 0.25) is 5.02 Å². The van der Waals surface area contributed by atoms with Gasteiger partial charge in [0.25, 0.3) is 5.91 Å². The van der Waals surface area contributed by atoms with Gasteiger partial charge in [-0.15, -0.1) is 0 Å². The lowest BCUT2D eigenvalue weighted by Gasteiger charge is -2.29. The lowest BCUT2D eigenvalue weighted by atomic mass is 10.1. The number of hydrogen-bond acceptors (Lipinski definition) is 5. The lowest BCUT2D eigenvalue weighted by molar-refractivity contribution is -0.116. The molecule has 10 heteroatoms. The van der Waals surface area contributed by atoms with Crippen molar-refractivity contribution < 1.29 is 22.7 Å². The number of halogens is 1. The van der Waals surface area contributed by atoms with E-state index in [1.165, 1.54) is 32.2 Å². The van der Waals surface area contributed by atoms with Crippen LogP contribution in [0.3, 0.4) is 0 Å². The molecule has 0 unspecified atom stereocenters. The molecule has 2 aromatic rings. The highest BCUT2D eigenvalue weighted by molar-refractivity contribution is 7.92. The van der Waals surface area contributed by atoms with E-state index in [-0.39, 0.29) is 16.6 Å². The maximum atomic E-state index is 13.2. The van der Waals surface area contributed by atoms with Crippen molar-refractivity contribution in [2.45, 2.75) is 38.6 Å². The number of para-hydroxylation sites is 1. The highest BCUT2D eigenvalue weighted by Crippen LogP contribution is 2.31. The van der Waals surface area contributed by atoms with Crippen molar-refractivity contribution in [2.75, 3.05) is 36.1 Å². The second kappa shape index (κ2) is 11.1.